The van der Waals surface area contributed by atoms with E-state index in [2.05, 4.69) is 52.3 Å². The molecule has 0 aliphatic carbocycles. The number of hydrogen-bond donors (Lipinski definition) is 0. The molecule has 0 bridgehead atoms. The number of nitrogens with zero attached hydrogens (tertiary/aromatic N) is 2. The first-order valence-corrected chi connectivity index (χ1v) is 11.8. The van der Waals surface area contributed by atoms with E-state index in [4.69, 9.17) is 14.2 Å². The van der Waals surface area contributed by atoms with Gasteiger partial charge in [-0.15, -0.1) is 0 Å². The average molecular weight is 423 g/mol. The molecular weight excluding hydrogens is 388 g/mol. The summed E-state index contributed by atoms with van der Waals surface area (Å²) >= 11 is 0. The highest BCUT2D eigenvalue weighted by molar-refractivity contribution is 5.47. The van der Waals surface area contributed by atoms with Crippen LogP contribution in [0.15, 0.2) is 42.5 Å². The molecule has 5 heteroatoms. The molecule has 2 aromatic rings. The molecule has 3 aliphatic rings. The van der Waals surface area contributed by atoms with E-state index in [1.165, 1.54) is 36.1 Å². The molecule has 0 N–H and O–H groups in total. The highest BCUT2D eigenvalue weighted by Gasteiger charge is 2.36. The predicted octanol–water partition coefficient (Wildman–Crippen LogP) is 4.08. The molecule has 0 radical (unpaired) electrons. The van der Waals surface area contributed by atoms with Crippen molar-refractivity contribution in [2.75, 3.05) is 59.7 Å². The van der Waals surface area contributed by atoms with Gasteiger partial charge in [0.15, 0.2) is 0 Å². The second kappa shape index (κ2) is 9.60. The van der Waals surface area contributed by atoms with E-state index in [1.807, 2.05) is 0 Å². The van der Waals surface area contributed by atoms with Gasteiger partial charge in [0.1, 0.15) is 11.5 Å². The van der Waals surface area contributed by atoms with Gasteiger partial charge in [-0.25, -0.2) is 0 Å². The van der Waals surface area contributed by atoms with Crippen LogP contribution in [0.2, 0.25) is 0 Å². The molecule has 2 aromatic carbocycles. The van der Waals surface area contributed by atoms with Crippen LogP contribution in [0, 0.1) is 0 Å². The maximum Gasteiger partial charge on any atom is 0.119 e. The molecule has 2 atom stereocenters. The third-order valence-electron chi connectivity index (χ3n) is 7.08. The number of ether oxygens (including phenoxy) is 3. The van der Waals surface area contributed by atoms with Crippen LogP contribution < -0.4 is 9.47 Å². The summed E-state index contributed by atoms with van der Waals surface area (Å²) in [5.41, 5.74) is 4.30. The van der Waals surface area contributed by atoms with Gasteiger partial charge < -0.3 is 14.2 Å². The standard InChI is InChI=1S/C26H34N2O3/c1-29-21-7-5-20(6-8-21)25-19-28-12-2-4-26(28)24-18-22(9-10-23(24)25)31-15-3-11-27-13-16-30-17-14-27/h5-10,18,25-26H,2-4,11-17,19H2,1H3/t25-,26+/m0/s1. The number of benzene rings is 2. The maximum absolute atomic E-state index is 6.19. The van der Waals surface area contributed by atoms with Crippen LogP contribution in [0.3, 0.4) is 0 Å². The van der Waals surface area contributed by atoms with E-state index in [0.29, 0.717) is 12.0 Å². The van der Waals surface area contributed by atoms with Crippen molar-refractivity contribution in [2.24, 2.45) is 0 Å². The van der Waals surface area contributed by atoms with E-state index in [1.54, 1.807) is 7.11 Å². The fraction of sp³-hybridized carbons (Fsp3) is 0.538. The lowest BCUT2D eigenvalue weighted by Crippen LogP contribution is -2.37. The molecule has 5 rings (SSSR count). The summed E-state index contributed by atoms with van der Waals surface area (Å²) < 4.78 is 17.0. The number of methoxy groups -OCH3 is 1. The zero-order valence-corrected chi connectivity index (χ0v) is 18.6. The van der Waals surface area contributed by atoms with E-state index in [9.17, 15) is 0 Å². The summed E-state index contributed by atoms with van der Waals surface area (Å²) in [6.45, 7) is 7.96. The van der Waals surface area contributed by atoms with Crippen LogP contribution in [0.1, 0.15) is 47.9 Å². The minimum Gasteiger partial charge on any atom is -0.497 e. The second-order valence-corrected chi connectivity index (χ2v) is 8.93. The van der Waals surface area contributed by atoms with E-state index >= 15 is 0 Å². The summed E-state index contributed by atoms with van der Waals surface area (Å²) in [7, 11) is 1.72. The molecule has 0 saturated carbocycles. The Hall–Kier alpha value is -2.08. The molecule has 0 amide bonds. The van der Waals surface area contributed by atoms with Crippen molar-refractivity contribution in [1.29, 1.82) is 0 Å². The fourth-order valence-electron chi connectivity index (χ4n) is 5.40. The Morgan fingerprint density at radius 3 is 2.58 bits per heavy atom. The van der Waals surface area contributed by atoms with Gasteiger partial charge >= 0.3 is 0 Å². The van der Waals surface area contributed by atoms with Crippen molar-refractivity contribution < 1.29 is 14.2 Å². The molecule has 3 heterocycles. The van der Waals surface area contributed by atoms with E-state index in [0.717, 1.165) is 63.9 Å². The second-order valence-electron chi connectivity index (χ2n) is 8.93. The van der Waals surface area contributed by atoms with Gasteiger partial charge in [0.25, 0.3) is 0 Å². The topological polar surface area (TPSA) is 34.2 Å². The monoisotopic (exact) mass is 422 g/mol. The molecule has 166 valence electrons. The summed E-state index contributed by atoms with van der Waals surface area (Å²) in [5, 5.41) is 0. The molecule has 0 spiro atoms. The summed E-state index contributed by atoms with van der Waals surface area (Å²) in [6.07, 6.45) is 3.59. The lowest BCUT2D eigenvalue weighted by Gasteiger charge is -2.37. The van der Waals surface area contributed by atoms with Gasteiger partial charge in [-0.05, 0) is 66.8 Å². The minimum absolute atomic E-state index is 0.408. The first-order valence-electron chi connectivity index (χ1n) is 11.8. The summed E-state index contributed by atoms with van der Waals surface area (Å²) in [6, 6.07) is 16.0. The Kier molecular flexibility index (Phi) is 6.44. The Morgan fingerprint density at radius 1 is 0.968 bits per heavy atom. The first-order chi connectivity index (χ1) is 15.3. The Balaban J connectivity index is 1.29. The minimum atomic E-state index is 0.408. The van der Waals surface area contributed by atoms with Crippen LogP contribution >= 0.6 is 0 Å². The molecule has 0 unspecified atom stereocenters. The average Bonchev–Trinajstić information content (AvgIpc) is 3.31. The molecule has 3 aliphatic heterocycles. The SMILES string of the molecule is COc1ccc([C@@H]2CN3CCC[C@@H]3c3cc(OCCCN4CCOCC4)ccc32)cc1. The lowest BCUT2D eigenvalue weighted by atomic mass is 9.81. The van der Waals surface area contributed by atoms with Gasteiger partial charge in [-0.1, -0.05) is 18.2 Å². The molecule has 31 heavy (non-hydrogen) atoms. The molecule has 2 saturated heterocycles. The van der Waals surface area contributed by atoms with Crippen LogP contribution in [0.4, 0.5) is 0 Å². The van der Waals surface area contributed by atoms with Gasteiger partial charge in [0.05, 0.1) is 26.9 Å². The molecule has 2 fully saturated rings. The predicted molar refractivity (Wildman–Crippen MR) is 122 cm³/mol. The normalized spacial score (nSPS) is 23.9. The zero-order valence-electron chi connectivity index (χ0n) is 18.6. The van der Waals surface area contributed by atoms with Gasteiger partial charge in [-0.2, -0.15) is 0 Å². The van der Waals surface area contributed by atoms with Gasteiger partial charge in [0, 0.05) is 38.1 Å². The smallest absolute Gasteiger partial charge is 0.119 e. The number of hydrogen-bond acceptors (Lipinski definition) is 5. The Labute approximate surface area is 185 Å². The van der Waals surface area contributed by atoms with E-state index < -0.39 is 0 Å². The lowest BCUT2D eigenvalue weighted by molar-refractivity contribution is 0.0358. The van der Waals surface area contributed by atoms with Gasteiger partial charge in [0.2, 0.25) is 0 Å². The van der Waals surface area contributed by atoms with Crippen molar-refractivity contribution >= 4 is 0 Å². The summed E-state index contributed by atoms with van der Waals surface area (Å²) in [5.74, 6) is 2.34. The van der Waals surface area contributed by atoms with Crippen molar-refractivity contribution in [3.05, 3.63) is 59.2 Å². The molecular formula is C26H34N2O3. The van der Waals surface area contributed by atoms with Crippen LogP contribution in [0.5, 0.6) is 11.5 Å². The molecule has 5 nitrogen and oxygen atoms in total. The Morgan fingerprint density at radius 2 is 1.77 bits per heavy atom. The van der Waals surface area contributed by atoms with Crippen molar-refractivity contribution in [3.63, 3.8) is 0 Å². The van der Waals surface area contributed by atoms with Crippen molar-refractivity contribution in [2.45, 2.75) is 31.2 Å². The third kappa shape index (κ3) is 4.59. The largest absolute Gasteiger partial charge is 0.497 e. The summed E-state index contributed by atoms with van der Waals surface area (Å²) in [4.78, 5) is 5.13. The number of fused-ring (bicyclic) bond motifs is 3. The first kappa shape index (κ1) is 20.8. The van der Waals surface area contributed by atoms with Crippen LogP contribution in [0.25, 0.3) is 0 Å². The quantitative estimate of drug-likeness (QED) is 0.628. The highest BCUT2D eigenvalue weighted by Crippen LogP contribution is 2.45. The number of morpholine rings is 1. The fourth-order valence-corrected chi connectivity index (χ4v) is 5.40. The van der Waals surface area contributed by atoms with Crippen molar-refractivity contribution in [1.82, 2.24) is 9.80 Å². The van der Waals surface area contributed by atoms with Crippen molar-refractivity contribution in [3.8, 4) is 11.5 Å². The maximum atomic E-state index is 6.19. The molecule has 0 aromatic heterocycles. The van der Waals surface area contributed by atoms with E-state index in [-0.39, 0.29) is 0 Å². The number of rotatable bonds is 7. The van der Waals surface area contributed by atoms with Crippen LogP contribution in [-0.4, -0.2) is 69.5 Å². The third-order valence-corrected chi connectivity index (χ3v) is 7.08. The van der Waals surface area contributed by atoms with Crippen LogP contribution in [-0.2, 0) is 4.74 Å². The highest BCUT2D eigenvalue weighted by atomic mass is 16.5. The Bertz CT molecular complexity index is 863. The van der Waals surface area contributed by atoms with Gasteiger partial charge in [-0.3, -0.25) is 9.80 Å². The zero-order chi connectivity index (χ0) is 21.0.